The van der Waals surface area contributed by atoms with E-state index in [1.165, 1.54) is 93.1 Å². The Morgan fingerprint density at radius 3 is 1.36 bits per heavy atom. The molecule has 0 amide bonds. The fraction of sp³-hybridized carbons (Fsp3) is 0.184. The maximum atomic E-state index is 14.1. The Morgan fingerprint density at radius 2 is 0.855 bits per heavy atom. The largest absolute Gasteiger partial charge is 0.332 e. The van der Waals surface area contributed by atoms with Gasteiger partial charge in [-0.1, -0.05) is 45.9 Å². The molecule has 0 radical (unpaired) electrons. The topological polar surface area (TPSA) is 6.48 Å². The predicted octanol–water partition coefficient (Wildman–Crippen LogP) is 13.6. The number of allylic oxidation sites excluding steroid dienone is 2. The number of fused-ring (bicyclic) bond motifs is 5. The van der Waals surface area contributed by atoms with Gasteiger partial charge in [-0.15, -0.1) is 0 Å². The van der Waals surface area contributed by atoms with Gasteiger partial charge in [-0.3, -0.25) is 0 Å². The van der Waals surface area contributed by atoms with Crippen LogP contribution in [0.15, 0.2) is 145 Å². The van der Waals surface area contributed by atoms with E-state index in [-0.39, 0.29) is 34.1 Å². The van der Waals surface area contributed by atoms with E-state index in [1.54, 1.807) is 48.5 Å². The second kappa shape index (κ2) is 12.3. The Hall–Kier alpha value is -5.88. The molecule has 3 aliphatic rings. The first-order chi connectivity index (χ1) is 26.2. The molecular weight excluding hydrogens is 693 g/mol. The van der Waals surface area contributed by atoms with Gasteiger partial charge < -0.3 is 9.80 Å². The molecule has 0 bridgehead atoms. The van der Waals surface area contributed by atoms with E-state index in [0.717, 1.165) is 28.4 Å². The molecule has 1 atom stereocenters. The molecule has 274 valence electrons. The van der Waals surface area contributed by atoms with E-state index in [9.17, 15) is 17.6 Å². The lowest BCUT2D eigenvalue weighted by atomic mass is 9.73. The molecule has 1 unspecified atom stereocenters. The normalized spacial score (nSPS) is 18.4. The summed E-state index contributed by atoms with van der Waals surface area (Å²) in [5.41, 5.74) is 12.8. The van der Waals surface area contributed by atoms with Crippen molar-refractivity contribution in [3.8, 4) is 11.1 Å². The first-order valence-corrected chi connectivity index (χ1v) is 18.6. The maximum absolute atomic E-state index is 14.1. The first-order valence-electron chi connectivity index (χ1n) is 18.6. The van der Waals surface area contributed by atoms with Crippen molar-refractivity contribution in [2.45, 2.75) is 57.4 Å². The molecule has 55 heavy (non-hydrogen) atoms. The Bertz CT molecular complexity index is 2460. The molecule has 0 aromatic heterocycles. The number of hydrogen-bond acceptors (Lipinski definition) is 2. The van der Waals surface area contributed by atoms with Crippen molar-refractivity contribution in [3.05, 3.63) is 191 Å². The van der Waals surface area contributed by atoms with E-state index in [4.69, 9.17) is 0 Å². The van der Waals surface area contributed by atoms with Crippen LogP contribution in [0.3, 0.4) is 0 Å². The van der Waals surface area contributed by atoms with Crippen molar-refractivity contribution >= 4 is 34.0 Å². The van der Waals surface area contributed by atoms with Crippen LogP contribution in [0.2, 0.25) is 0 Å². The molecule has 0 N–H and O–H groups in total. The summed E-state index contributed by atoms with van der Waals surface area (Å²) < 4.78 is 56.3. The molecule has 0 saturated carbocycles. The molecule has 6 heteroatoms. The quantitative estimate of drug-likeness (QED) is 0.157. The van der Waals surface area contributed by atoms with Gasteiger partial charge in [0.1, 0.15) is 23.3 Å². The number of rotatable bonds is 6. The van der Waals surface area contributed by atoms with Crippen molar-refractivity contribution in [2.24, 2.45) is 0 Å². The average Bonchev–Trinajstić information content (AvgIpc) is 3.52. The van der Waals surface area contributed by atoms with Crippen LogP contribution in [0.1, 0.15) is 63.3 Å². The minimum Gasteiger partial charge on any atom is -0.332 e. The van der Waals surface area contributed by atoms with Gasteiger partial charge in [0.25, 0.3) is 0 Å². The molecule has 9 rings (SSSR count). The zero-order valence-corrected chi connectivity index (χ0v) is 31.4. The summed E-state index contributed by atoms with van der Waals surface area (Å²) in [5, 5.41) is 0. The SMILES string of the molecule is CC1(C)C2=C(C=CC(C)(N(c3ccc(F)cc3)c3ccc(F)cc3)C2)c2cc3c(cc21)-c1ccc(N(c2ccc(F)cc2)c2ccc(F)cc2)cc1C3(C)C. The number of benzene rings is 6. The van der Waals surface area contributed by atoms with Gasteiger partial charge >= 0.3 is 0 Å². The molecule has 6 aromatic rings. The second-order valence-corrected chi connectivity index (χ2v) is 16.3. The first kappa shape index (κ1) is 34.9. The zero-order chi connectivity index (χ0) is 38.4. The van der Waals surface area contributed by atoms with Crippen molar-refractivity contribution in [1.82, 2.24) is 0 Å². The average molecular weight is 733 g/mol. The Labute approximate surface area is 319 Å². The molecule has 0 heterocycles. The summed E-state index contributed by atoms with van der Waals surface area (Å²) in [7, 11) is 0. The summed E-state index contributed by atoms with van der Waals surface area (Å²) in [6, 6.07) is 37.0. The minimum absolute atomic E-state index is 0.294. The van der Waals surface area contributed by atoms with Gasteiger partial charge in [0.2, 0.25) is 0 Å². The van der Waals surface area contributed by atoms with Crippen LogP contribution < -0.4 is 9.80 Å². The molecule has 0 saturated heterocycles. The van der Waals surface area contributed by atoms with Crippen LogP contribution in [-0.4, -0.2) is 5.54 Å². The molecule has 0 fully saturated rings. The molecule has 2 nitrogen and oxygen atoms in total. The van der Waals surface area contributed by atoms with Gasteiger partial charge in [-0.2, -0.15) is 0 Å². The molecule has 6 aromatic carbocycles. The van der Waals surface area contributed by atoms with Crippen LogP contribution in [0.25, 0.3) is 16.7 Å². The van der Waals surface area contributed by atoms with Gasteiger partial charge in [-0.05, 0) is 179 Å². The van der Waals surface area contributed by atoms with Gasteiger partial charge in [0.05, 0.1) is 5.54 Å². The number of hydrogen-bond donors (Lipinski definition) is 0. The fourth-order valence-corrected chi connectivity index (χ4v) is 9.20. The van der Waals surface area contributed by atoms with Crippen molar-refractivity contribution in [2.75, 3.05) is 9.80 Å². The monoisotopic (exact) mass is 732 g/mol. The van der Waals surface area contributed by atoms with Crippen molar-refractivity contribution < 1.29 is 17.6 Å². The Balaban J connectivity index is 1.11. The zero-order valence-electron chi connectivity index (χ0n) is 31.4. The lowest BCUT2D eigenvalue weighted by Crippen LogP contribution is -2.44. The van der Waals surface area contributed by atoms with Crippen LogP contribution in [0.5, 0.6) is 0 Å². The van der Waals surface area contributed by atoms with E-state index < -0.39 is 5.54 Å². The maximum Gasteiger partial charge on any atom is 0.123 e. The van der Waals surface area contributed by atoms with E-state index >= 15 is 0 Å². The smallest absolute Gasteiger partial charge is 0.123 e. The highest BCUT2D eigenvalue weighted by atomic mass is 19.1. The van der Waals surface area contributed by atoms with Crippen molar-refractivity contribution in [1.29, 1.82) is 0 Å². The lowest BCUT2D eigenvalue weighted by molar-refractivity contribution is 0.500. The highest BCUT2D eigenvalue weighted by Crippen LogP contribution is 2.58. The summed E-state index contributed by atoms with van der Waals surface area (Å²) in [5.74, 6) is -1.26. The molecular formula is C49H40F4N2. The third-order valence-electron chi connectivity index (χ3n) is 12.1. The fourth-order valence-electron chi connectivity index (χ4n) is 9.20. The van der Waals surface area contributed by atoms with E-state index in [2.05, 4.69) is 82.0 Å². The van der Waals surface area contributed by atoms with Crippen LogP contribution in [-0.2, 0) is 10.8 Å². The van der Waals surface area contributed by atoms with E-state index in [0.29, 0.717) is 6.42 Å². The Morgan fingerprint density at radius 1 is 0.436 bits per heavy atom. The van der Waals surface area contributed by atoms with E-state index in [1.807, 2.05) is 4.90 Å². The third kappa shape index (κ3) is 5.52. The molecule has 0 aliphatic heterocycles. The summed E-state index contributed by atoms with van der Waals surface area (Å²) in [6.07, 6.45) is 5.20. The highest BCUT2D eigenvalue weighted by Gasteiger charge is 2.46. The van der Waals surface area contributed by atoms with Crippen molar-refractivity contribution in [3.63, 3.8) is 0 Å². The highest BCUT2D eigenvalue weighted by molar-refractivity contribution is 5.93. The molecule has 0 spiro atoms. The van der Waals surface area contributed by atoms with Crippen LogP contribution >= 0.6 is 0 Å². The van der Waals surface area contributed by atoms with Crippen LogP contribution in [0.4, 0.5) is 46.0 Å². The van der Waals surface area contributed by atoms with Crippen LogP contribution in [0, 0.1) is 23.3 Å². The second-order valence-electron chi connectivity index (χ2n) is 16.3. The van der Waals surface area contributed by atoms with Gasteiger partial charge in [0, 0.05) is 39.3 Å². The number of anilines is 5. The summed E-state index contributed by atoms with van der Waals surface area (Å²) in [4.78, 5) is 4.22. The summed E-state index contributed by atoms with van der Waals surface area (Å²) >= 11 is 0. The Kier molecular flexibility index (Phi) is 7.81. The number of halogens is 4. The number of nitrogens with zero attached hydrogens (tertiary/aromatic N) is 2. The van der Waals surface area contributed by atoms with Gasteiger partial charge in [0.15, 0.2) is 0 Å². The standard InChI is InChI=1S/C49H40F4N2/c1-47(2)43-26-38(54(34-14-6-30(50)7-15-34)35-16-8-31(51)9-17-35)22-23-39(43)41-27-45-42(28-44(41)47)40-24-25-49(5,29-46(40)48(45,3)4)55(36-18-10-32(52)11-19-36)37-20-12-33(53)13-21-37/h6-28H,29H2,1-5H3. The molecule has 3 aliphatic carbocycles. The third-order valence-corrected chi connectivity index (χ3v) is 12.1. The predicted molar refractivity (Wildman–Crippen MR) is 216 cm³/mol. The lowest BCUT2D eigenvalue weighted by Gasteiger charge is -2.45. The van der Waals surface area contributed by atoms with Gasteiger partial charge in [-0.25, -0.2) is 17.6 Å². The summed E-state index contributed by atoms with van der Waals surface area (Å²) in [6.45, 7) is 11.3. The minimum atomic E-state index is -0.528.